The van der Waals surface area contributed by atoms with Gasteiger partial charge in [0, 0.05) is 5.57 Å². The molecule has 1 rings (SSSR count). The van der Waals surface area contributed by atoms with Crippen molar-refractivity contribution in [3.63, 3.8) is 0 Å². The monoisotopic (exact) mass is 228 g/mol. The zero-order chi connectivity index (χ0) is 10.9. The van der Waals surface area contributed by atoms with E-state index in [2.05, 4.69) is 0 Å². The Balaban J connectivity index is 2.93. The van der Waals surface area contributed by atoms with E-state index in [-0.39, 0.29) is 0 Å². The number of allylic oxidation sites excluding steroid dienone is 4. The first-order valence-electron chi connectivity index (χ1n) is 3.65. The van der Waals surface area contributed by atoms with Gasteiger partial charge in [-0.1, -0.05) is 0 Å². The zero-order valence-electron chi connectivity index (χ0n) is 6.74. The summed E-state index contributed by atoms with van der Waals surface area (Å²) >= 11 is 4.99. The molecule has 0 aliphatic heterocycles. The van der Waals surface area contributed by atoms with E-state index in [1.807, 2.05) is 0 Å². The van der Waals surface area contributed by atoms with Crippen LogP contribution in [0.15, 0.2) is 23.6 Å². The van der Waals surface area contributed by atoms with E-state index < -0.39 is 35.2 Å². The minimum atomic E-state index is -4.61. The van der Waals surface area contributed by atoms with Gasteiger partial charge in [0.15, 0.2) is 0 Å². The van der Waals surface area contributed by atoms with Gasteiger partial charge >= 0.3 is 6.18 Å². The minimum Gasteiger partial charge on any atom is -0.281 e. The Kier molecular flexibility index (Phi) is 2.99. The number of carbonyl (C=O) groups excluding carboxylic acids is 1. The molecule has 0 bridgehead atoms. The van der Waals surface area contributed by atoms with Gasteiger partial charge in [-0.05, 0) is 30.2 Å². The van der Waals surface area contributed by atoms with Gasteiger partial charge < -0.3 is 0 Å². The van der Waals surface area contributed by atoms with Crippen molar-refractivity contribution in [2.45, 2.75) is 12.6 Å². The molecule has 0 radical (unpaired) electrons. The third-order valence-corrected chi connectivity index (χ3v) is 2.05. The van der Waals surface area contributed by atoms with Gasteiger partial charge in [0.25, 0.3) is 0 Å². The van der Waals surface area contributed by atoms with Gasteiger partial charge in [-0.3, -0.25) is 4.79 Å². The van der Waals surface area contributed by atoms with Crippen LogP contribution in [0.1, 0.15) is 6.42 Å². The summed E-state index contributed by atoms with van der Waals surface area (Å²) in [5.74, 6) is -2.30. The standard InChI is InChI=1S/C8H5ClF4O/c9-7(14)4-1-5(8(11,12)13)3-6(10)2-4/h2-4H,1H2. The first-order chi connectivity index (χ1) is 6.30. The van der Waals surface area contributed by atoms with Gasteiger partial charge in [-0.2, -0.15) is 13.2 Å². The Morgan fingerprint density at radius 2 is 2.07 bits per heavy atom. The maximum Gasteiger partial charge on any atom is 0.412 e. The number of carbonyl (C=O) groups is 1. The Labute approximate surface area is 82.0 Å². The van der Waals surface area contributed by atoms with Crippen LogP contribution in [0.4, 0.5) is 17.6 Å². The second-order valence-corrected chi connectivity index (χ2v) is 3.21. The smallest absolute Gasteiger partial charge is 0.281 e. The summed E-state index contributed by atoms with van der Waals surface area (Å²) in [4.78, 5) is 10.6. The molecule has 0 saturated carbocycles. The molecule has 78 valence electrons. The molecule has 0 aromatic rings. The average molecular weight is 229 g/mol. The fraction of sp³-hybridized carbons (Fsp3) is 0.375. The molecular weight excluding hydrogens is 224 g/mol. The maximum atomic E-state index is 12.6. The molecular formula is C8H5ClF4O. The van der Waals surface area contributed by atoms with E-state index in [0.717, 1.165) is 6.08 Å². The highest BCUT2D eigenvalue weighted by Crippen LogP contribution is 2.36. The molecule has 1 atom stereocenters. The van der Waals surface area contributed by atoms with E-state index in [0.29, 0.717) is 6.08 Å². The predicted octanol–water partition coefficient (Wildman–Crippen LogP) is 3.11. The van der Waals surface area contributed by atoms with Crippen LogP contribution in [0.2, 0.25) is 0 Å². The van der Waals surface area contributed by atoms with E-state index in [4.69, 9.17) is 11.6 Å². The molecule has 1 aliphatic rings. The van der Waals surface area contributed by atoms with Gasteiger partial charge in [-0.15, -0.1) is 0 Å². The molecule has 0 N–H and O–H groups in total. The molecule has 0 amide bonds. The predicted molar refractivity (Wildman–Crippen MR) is 42.3 cm³/mol. The lowest BCUT2D eigenvalue weighted by Gasteiger charge is -2.18. The summed E-state index contributed by atoms with van der Waals surface area (Å²) < 4.78 is 49.1. The van der Waals surface area contributed by atoms with E-state index in [1.165, 1.54) is 0 Å². The molecule has 0 saturated heterocycles. The van der Waals surface area contributed by atoms with Gasteiger partial charge in [0.2, 0.25) is 5.24 Å². The Morgan fingerprint density at radius 1 is 1.50 bits per heavy atom. The van der Waals surface area contributed by atoms with Crippen LogP contribution in [0.3, 0.4) is 0 Å². The lowest BCUT2D eigenvalue weighted by Crippen LogP contribution is -2.20. The van der Waals surface area contributed by atoms with Crippen molar-refractivity contribution >= 4 is 16.8 Å². The van der Waals surface area contributed by atoms with Crippen molar-refractivity contribution in [2.24, 2.45) is 5.92 Å². The van der Waals surface area contributed by atoms with Gasteiger partial charge in [0.05, 0.1) is 5.92 Å². The fourth-order valence-corrected chi connectivity index (χ4v) is 1.24. The van der Waals surface area contributed by atoms with Crippen LogP contribution < -0.4 is 0 Å². The number of hydrogen-bond acceptors (Lipinski definition) is 1. The first kappa shape index (κ1) is 11.2. The average Bonchev–Trinajstić information content (AvgIpc) is 2.01. The van der Waals surface area contributed by atoms with Crippen molar-refractivity contribution in [1.82, 2.24) is 0 Å². The molecule has 1 nitrogen and oxygen atoms in total. The first-order valence-corrected chi connectivity index (χ1v) is 4.03. The van der Waals surface area contributed by atoms with Crippen molar-refractivity contribution in [1.29, 1.82) is 0 Å². The van der Waals surface area contributed by atoms with E-state index in [1.54, 1.807) is 0 Å². The SMILES string of the molecule is O=C(Cl)C1C=C(F)C=C(C(F)(F)F)C1. The summed E-state index contributed by atoms with van der Waals surface area (Å²) in [5, 5.41) is -0.991. The van der Waals surface area contributed by atoms with Crippen molar-refractivity contribution in [3.8, 4) is 0 Å². The van der Waals surface area contributed by atoms with Crippen LogP contribution >= 0.6 is 11.6 Å². The topological polar surface area (TPSA) is 17.1 Å². The number of hydrogen-bond donors (Lipinski definition) is 0. The van der Waals surface area contributed by atoms with Gasteiger partial charge in [-0.25, -0.2) is 4.39 Å². The van der Waals surface area contributed by atoms with Crippen LogP contribution in [-0.2, 0) is 4.79 Å². The van der Waals surface area contributed by atoms with Crippen molar-refractivity contribution < 1.29 is 22.4 Å². The highest BCUT2D eigenvalue weighted by atomic mass is 35.5. The van der Waals surface area contributed by atoms with Crippen LogP contribution in [0.25, 0.3) is 0 Å². The third kappa shape index (κ3) is 2.57. The maximum absolute atomic E-state index is 12.6. The molecule has 1 aliphatic carbocycles. The van der Waals surface area contributed by atoms with E-state index in [9.17, 15) is 22.4 Å². The summed E-state index contributed by atoms with van der Waals surface area (Å²) in [6.07, 6.45) is -4.06. The second-order valence-electron chi connectivity index (χ2n) is 2.83. The Hall–Kier alpha value is -0.840. The molecule has 0 fully saturated rings. The number of rotatable bonds is 1. The van der Waals surface area contributed by atoms with Crippen molar-refractivity contribution in [3.05, 3.63) is 23.6 Å². The molecule has 0 aromatic carbocycles. The third-order valence-electron chi connectivity index (χ3n) is 1.77. The van der Waals surface area contributed by atoms with Crippen LogP contribution in [-0.4, -0.2) is 11.4 Å². The molecule has 6 heteroatoms. The largest absolute Gasteiger partial charge is 0.412 e. The number of halogens is 5. The summed E-state index contributed by atoms with van der Waals surface area (Å²) in [6.45, 7) is 0. The molecule has 0 heterocycles. The zero-order valence-corrected chi connectivity index (χ0v) is 7.49. The lowest BCUT2D eigenvalue weighted by molar-refractivity contribution is -0.115. The molecule has 0 spiro atoms. The fourth-order valence-electron chi connectivity index (χ4n) is 1.10. The Morgan fingerprint density at radius 3 is 2.50 bits per heavy atom. The quantitative estimate of drug-likeness (QED) is 0.498. The summed E-state index contributed by atoms with van der Waals surface area (Å²) in [6, 6.07) is 0. The molecule has 0 aromatic heterocycles. The highest BCUT2D eigenvalue weighted by Gasteiger charge is 2.37. The molecule has 14 heavy (non-hydrogen) atoms. The van der Waals surface area contributed by atoms with Gasteiger partial charge in [0.1, 0.15) is 5.83 Å². The minimum absolute atomic E-state index is 0.371. The Bertz CT molecular complexity index is 316. The molecule has 1 unspecified atom stereocenters. The lowest BCUT2D eigenvalue weighted by atomic mass is 9.94. The highest BCUT2D eigenvalue weighted by molar-refractivity contribution is 6.64. The summed E-state index contributed by atoms with van der Waals surface area (Å²) in [5.41, 5.74) is -1.07. The summed E-state index contributed by atoms with van der Waals surface area (Å²) in [7, 11) is 0. The second kappa shape index (κ2) is 3.73. The normalized spacial score (nSPS) is 22.8. The number of alkyl halides is 3. The van der Waals surface area contributed by atoms with Crippen molar-refractivity contribution in [2.75, 3.05) is 0 Å². The van der Waals surface area contributed by atoms with Crippen LogP contribution in [0.5, 0.6) is 0 Å². The van der Waals surface area contributed by atoms with Crippen LogP contribution in [0, 0.1) is 5.92 Å². The van der Waals surface area contributed by atoms with E-state index >= 15 is 0 Å².